The Morgan fingerprint density at radius 3 is 2.34 bits per heavy atom. The second kappa shape index (κ2) is 9.85. The molecule has 7 heteroatoms. The zero-order chi connectivity index (χ0) is 25.2. The van der Waals surface area contributed by atoms with Crippen molar-refractivity contribution in [3.63, 3.8) is 0 Å². The summed E-state index contributed by atoms with van der Waals surface area (Å²) in [6.07, 6.45) is 0. The molecule has 0 spiro atoms. The van der Waals surface area contributed by atoms with Gasteiger partial charge in [0.1, 0.15) is 28.9 Å². The van der Waals surface area contributed by atoms with Gasteiger partial charge in [0.2, 0.25) is 5.88 Å². The topological polar surface area (TPSA) is 94.6 Å². The number of hydrogen-bond donors (Lipinski definition) is 1. The molecule has 6 nitrogen and oxygen atoms in total. The number of nitrogens with two attached hydrogens (primary N) is 1. The summed E-state index contributed by atoms with van der Waals surface area (Å²) in [5, 5.41) is 9.69. The Labute approximate surface area is 213 Å². The number of carbonyl (C=O) groups is 1. The number of nitriles is 1. The molecule has 3 aromatic carbocycles. The first kappa shape index (κ1) is 24.4. The van der Waals surface area contributed by atoms with Crippen LogP contribution in [0, 0.1) is 11.3 Å². The van der Waals surface area contributed by atoms with E-state index in [1.807, 2.05) is 48.5 Å². The highest BCUT2D eigenvalue weighted by Gasteiger charge is 2.31. The van der Waals surface area contributed by atoms with Crippen LogP contribution >= 0.6 is 15.9 Å². The van der Waals surface area contributed by atoms with Gasteiger partial charge in [-0.05, 0) is 46.9 Å². The Morgan fingerprint density at radius 2 is 1.71 bits per heavy atom. The zero-order valence-corrected chi connectivity index (χ0v) is 21.3. The Morgan fingerprint density at radius 1 is 1.06 bits per heavy atom. The lowest BCUT2D eigenvalue weighted by molar-refractivity contribution is -0.136. The van der Waals surface area contributed by atoms with Gasteiger partial charge in [0.15, 0.2) is 6.61 Å². The second-order valence-electron chi connectivity index (χ2n) is 9.21. The summed E-state index contributed by atoms with van der Waals surface area (Å²) in [5.74, 6) is 0.399. The molecule has 0 aliphatic carbocycles. The molecule has 35 heavy (non-hydrogen) atoms. The largest absolute Gasteiger partial charge is 0.482 e. The summed E-state index contributed by atoms with van der Waals surface area (Å²) in [6, 6.07) is 22.5. The van der Waals surface area contributed by atoms with Crippen molar-refractivity contribution in [2.24, 2.45) is 5.73 Å². The number of esters is 1. The Hall–Kier alpha value is -3.76. The standard InChI is InChI=1S/C28H25BrN2O4/c1-28(2,3)18-6-10-20(11-7-18)33-16-25(32)34-21-12-13-22-24(14-21)35-27(31)23(15-30)26(22)17-4-8-19(29)9-5-17/h4-14,26H,16,31H2,1-3H3. The maximum atomic E-state index is 12.4. The lowest BCUT2D eigenvalue weighted by Gasteiger charge is -2.26. The van der Waals surface area contributed by atoms with E-state index in [1.165, 1.54) is 5.56 Å². The third-order valence-corrected chi connectivity index (χ3v) is 6.23. The molecule has 0 saturated carbocycles. The molecule has 0 saturated heterocycles. The third kappa shape index (κ3) is 5.50. The first-order chi connectivity index (χ1) is 16.7. The maximum Gasteiger partial charge on any atom is 0.349 e. The van der Waals surface area contributed by atoms with Gasteiger partial charge >= 0.3 is 5.97 Å². The van der Waals surface area contributed by atoms with Crippen LogP contribution < -0.4 is 19.9 Å². The fraction of sp³-hybridized carbons (Fsp3) is 0.214. The molecule has 0 amide bonds. The number of nitrogens with zero attached hydrogens (tertiary/aromatic N) is 1. The van der Waals surface area contributed by atoms with Crippen molar-refractivity contribution in [3.05, 3.63) is 99.3 Å². The average Bonchev–Trinajstić information content (AvgIpc) is 2.82. The minimum Gasteiger partial charge on any atom is -0.482 e. The Balaban J connectivity index is 1.48. The van der Waals surface area contributed by atoms with Crippen LogP contribution in [-0.2, 0) is 10.2 Å². The van der Waals surface area contributed by atoms with E-state index in [9.17, 15) is 10.1 Å². The van der Waals surface area contributed by atoms with Crippen molar-refractivity contribution in [2.75, 3.05) is 6.61 Å². The maximum absolute atomic E-state index is 12.4. The fourth-order valence-electron chi connectivity index (χ4n) is 3.85. The summed E-state index contributed by atoms with van der Waals surface area (Å²) in [5.41, 5.74) is 9.26. The first-order valence-corrected chi connectivity index (χ1v) is 11.9. The highest BCUT2D eigenvalue weighted by Crippen LogP contribution is 2.43. The predicted molar refractivity (Wildman–Crippen MR) is 136 cm³/mol. The van der Waals surface area contributed by atoms with Gasteiger partial charge in [-0.3, -0.25) is 0 Å². The van der Waals surface area contributed by atoms with E-state index >= 15 is 0 Å². The monoisotopic (exact) mass is 532 g/mol. The molecule has 1 unspecified atom stereocenters. The van der Waals surface area contributed by atoms with Crippen molar-refractivity contribution < 1.29 is 19.0 Å². The molecule has 0 radical (unpaired) electrons. The van der Waals surface area contributed by atoms with Crippen molar-refractivity contribution in [3.8, 4) is 23.3 Å². The van der Waals surface area contributed by atoms with E-state index in [1.54, 1.807) is 18.2 Å². The molecular formula is C28H25BrN2O4. The van der Waals surface area contributed by atoms with Crippen molar-refractivity contribution in [1.29, 1.82) is 5.26 Å². The van der Waals surface area contributed by atoms with E-state index in [0.717, 1.165) is 15.6 Å². The molecule has 3 aromatic rings. The van der Waals surface area contributed by atoms with Crippen LogP contribution in [0.25, 0.3) is 0 Å². The van der Waals surface area contributed by atoms with Gasteiger partial charge in [-0.1, -0.05) is 67.0 Å². The van der Waals surface area contributed by atoms with E-state index < -0.39 is 5.97 Å². The van der Waals surface area contributed by atoms with Crippen molar-refractivity contribution in [1.82, 2.24) is 0 Å². The Bertz CT molecular complexity index is 1320. The highest BCUT2D eigenvalue weighted by atomic mass is 79.9. The molecule has 0 fully saturated rings. The number of allylic oxidation sites excluding steroid dienone is 1. The molecule has 1 heterocycles. The van der Waals surface area contributed by atoms with Crippen LogP contribution in [-0.4, -0.2) is 12.6 Å². The minimum absolute atomic E-state index is 0.0263. The summed E-state index contributed by atoms with van der Waals surface area (Å²) in [7, 11) is 0. The van der Waals surface area contributed by atoms with Crippen LogP contribution in [0.1, 0.15) is 43.4 Å². The normalized spacial score (nSPS) is 15.0. The van der Waals surface area contributed by atoms with Crippen LogP contribution in [0.4, 0.5) is 0 Å². The van der Waals surface area contributed by atoms with Crippen LogP contribution in [0.15, 0.2) is 82.7 Å². The van der Waals surface area contributed by atoms with Crippen LogP contribution in [0.2, 0.25) is 0 Å². The highest BCUT2D eigenvalue weighted by molar-refractivity contribution is 9.10. The molecule has 178 valence electrons. The summed E-state index contributed by atoms with van der Waals surface area (Å²) in [6.45, 7) is 6.16. The van der Waals surface area contributed by atoms with Crippen molar-refractivity contribution in [2.45, 2.75) is 32.1 Å². The summed E-state index contributed by atoms with van der Waals surface area (Å²) in [4.78, 5) is 12.4. The summed E-state index contributed by atoms with van der Waals surface area (Å²) >= 11 is 3.43. The lowest BCUT2D eigenvalue weighted by atomic mass is 9.83. The van der Waals surface area contributed by atoms with Gasteiger partial charge in [0.05, 0.1) is 5.92 Å². The fourth-order valence-corrected chi connectivity index (χ4v) is 4.12. The molecule has 1 aliphatic heterocycles. The molecule has 4 rings (SSSR count). The SMILES string of the molecule is CC(C)(C)c1ccc(OCC(=O)Oc2ccc3c(c2)OC(N)=C(C#N)C3c2ccc(Br)cc2)cc1. The van der Waals surface area contributed by atoms with Gasteiger partial charge in [-0.2, -0.15) is 5.26 Å². The molecule has 0 aromatic heterocycles. The third-order valence-electron chi connectivity index (χ3n) is 5.70. The van der Waals surface area contributed by atoms with Crippen LogP contribution in [0.3, 0.4) is 0 Å². The quantitative estimate of drug-likeness (QED) is 0.322. The average molecular weight is 533 g/mol. The summed E-state index contributed by atoms with van der Waals surface area (Å²) < 4.78 is 17.7. The number of ether oxygens (including phenoxy) is 3. The number of benzene rings is 3. The molecule has 1 aliphatic rings. The van der Waals surface area contributed by atoms with Gasteiger partial charge < -0.3 is 19.9 Å². The smallest absolute Gasteiger partial charge is 0.349 e. The molecule has 2 N–H and O–H groups in total. The van der Waals surface area contributed by atoms with Gasteiger partial charge in [-0.25, -0.2) is 4.79 Å². The minimum atomic E-state index is -0.550. The van der Waals surface area contributed by atoms with Crippen molar-refractivity contribution >= 4 is 21.9 Å². The van der Waals surface area contributed by atoms with Crippen LogP contribution in [0.5, 0.6) is 17.2 Å². The molecular weight excluding hydrogens is 508 g/mol. The van der Waals surface area contributed by atoms with E-state index in [2.05, 4.69) is 42.8 Å². The molecule has 1 atom stereocenters. The van der Waals surface area contributed by atoms with E-state index in [-0.39, 0.29) is 23.8 Å². The number of rotatable bonds is 5. The first-order valence-electron chi connectivity index (χ1n) is 11.1. The number of halogens is 1. The Kier molecular flexibility index (Phi) is 6.86. The second-order valence-corrected chi connectivity index (χ2v) is 10.1. The number of hydrogen-bond acceptors (Lipinski definition) is 6. The van der Waals surface area contributed by atoms with Gasteiger partial charge in [-0.15, -0.1) is 0 Å². The van der Waals surface area contributed by atoms with Gasteiger partial charge in [0, 0.05) is 16.1 Å². The van der Waals surface area contributed by atoms with E-state index in [0.29, 0.717) is 22.8 Å². The predicted octanol–water partition coefficient (Wildman–Crippen LogP) is 5.95. The number of fused-ring (bicyclic) bond motifs is 1. The van der Waals surface area contributed by atoms with E-state index in [4.69, 9.17) is 19.9 Å². The zero-order valence-electron chi connectivity index (χ0n) is 19.7. The lowest BCUT2D eigenvalue weighted by Crippen LogP contribution is -2.21. The number of carbonyl (C=O) groups excluding carboxylic acids is 1. The molecule has 0 bridgehead atoms. The van der Waals surface area contributed by atoms with Gasteiger partial charge in [0.25, 0.3) is 0 Å².